The van der Waals surface area contributed by atoms with Gasteiger partial charge >= 0.3 is 6.03 Å². The monoisotopic (exact) mass is 503 g/mol. The molecule has 0 bridgehead atoms. The second-order valence-electron chi connectivity index (χ2n) is 8.46. The number of hydrogen-bond acceptors (Lipinski definition) is 8. The maximum atomic E-state index is 13.6. The topological polar surface area (TPSA) is 120 Å². The molecular weight excluding hydrogens is 474 g/mol. The van der Waals surface area contributed by atoms with Crippen molar-refractivity contribution < 1.29 is 27.1 Å². The van der Waals surface area contributed by atoms with Gasteiger partial charge in [0.2, 0.25) is 5.82 Å². The average Bonchev–Trinajstić information content (AvgIpc) is 3.52. The zero-order chi connectivity index (χ0) is 25.2. The number of methoxy groups -OCH3 is 2. The summed E-state index contributed by atoms with van der Waals surface area (Å²) >= 11 is 0. The summed E-state index contributed by atoms with van der Waals surface area (Å²) in [6, 6.07) is 8.48. The molecule has 0 saturated carbocycles. The molecule has 11 nitrogen and oxygen atoms in total. The van der Waals surface area contributed by atoms with Crippen molar-refractivity contribution in [2.75, 3.05) is 41.4 Å². The zero-order valence-corrected chi connectivity index (χ0v) is 21.0. The van der Waals surface area contributed by atoms with Gasteiger partial charge in [-0.15, -0.1) is 10.2 Å². The van der Waals surface area contributed by atoms with E-state index in [-0.39, 0.29) is 24.2 Å². The minimum Gasteiger partial charge on any atom is -0.494 e. The summed E-state index contributed by atoms with van der Waals surface area (Å²) < 4.78 is 45.4. The lowest BCUT2D eigenvalue weighted by Gasteiger charge is -2.34. The van der Waals surface area contributed by atoms with Gasteiger partial charge in [0.1, 0.15) is 22.9 Å². The van der Waals surface area contributed by atoms with Crippen molar-refractivity contribution in [2.45, 2.75) is 23.8 Å². The summed E-state index contributed by atoms with van der Waals surface area (Å²) in [5, 5.41) is 7.78. The molecule has 0 spiro atoms. The second-order valence-corrected chi connectivity index (χ2v) is 10.7. The number of sulfone groups is 1. The number of para-hydroxylation sites is 1. The molecule has 1 atom stereocenters. The highest BCUT2D eigenvalue weighted by molar-refractivity contribution is 7.91. The highest BCUT2D eigenvalue weighted by Gasteiger charge is 2.35. The first kappa shape index (κ1) is 24.6. The first-order valence-electron chi connectivity index (χ1n) is 11.1. The number of carbonyl (C=O) groups excluding carboxylic acids is 1. The molecule has 35 heavy (non-hydrogen) atoms. The number of likely N-dealkylation sites (tertiary alicyclic amines) is 1. The highest BCUT2D eigenvalue weighted by atomic mass is 32.2. The molecule has 188 valence electrons. The number of rotatable bonds is 7. The van der Waals surface area contributed by atoms with Gasteiger partial charge < -0.3 is 23.7 Å². The van der Waals surface area contributed by atoms with E-state index in [1.165, 1.54) is 25.4 Å². The zero-order valence-electron chi connectivity index (χ0n) is 20.2. The van der Waals surface area contributed by atoms with E-state index in [9.17, 15) is 13.2 Å². The van der Waals surface area contributed by atoms with E-state index in [0.717, 1.165) is 0 Å². The van der Waals surface area contributed by atoms with Crippen LogP contribution in [0.3, 0.4) is 0 Å². The van der Waals surface area contributed by atoms with Crippen molar-refractivity contribution in [3.8, 4) is 28.8 Å². The number of nitrogens with zero attached hydrogens (tertiary/aromatic N) is 5. The van der Waals surface area contributed by atoms with Crippen molar-refractivity contribution in [1.29, 1.82) is 0 Å². The van der Waals surface area contributed by atoms with Crippen molar-refractivity contribution in [3.63, 3.8) is 0 Å². The van der Waals surface area contributed by atoms with Gasteiger partial charge in [0.15, 0.2) is 21.4 Å². The Balaban J connectivity index is 1.76. The maximum absolute atomic E-state index is 13.6. The molecular formula is C23H29N5O6S. The lowest BCUT2D eigenvalue weighted by molar-refractivity contribution is 0.161. The Morgan fingerprint density at radius 2 is 1.86 bits per heavy atom. The summed E-state index contributed by atoms with van der Waals surface area (Å²) in [5.74, 6) is 1.45. The normalized spacial score (nSPS) is 16.2. The van der Waals surface area contributed by atoms with Crippen LogP contribution in [0, 0.1) is 0 Å². The molecule has 1 saturated heterocycles. The summed E-state index contributed by atoms with van der Waals surface area (Å²) in [6.45, 7) is 0.663. The van der Waals surface area contributed by atoms with Gasteiger partial charge in [-0.25, -0.2) is 13.2 Å². The van der Waals surface area contributed by atoms with Gasteiger partial charge in [-0.2, -0.15) is 0 Å². The number of aromatic nitrogens is 3. The Labute approximate surface area is 204 Å². The molecule has 1 fully saturated rings. The van der Waals surface area contributed by atoms with Crippen LogP contribution in [-0.2, 0) is 15.6 Å². The van der Waals surface area contributed by atoms with Crippen molar-refractivity contribution in [3.05, 3.63) is 42.4 Å². The lowest BCUT2D eigenvalue weighted by Crippen LogP contribution is -2.48. The van der Waals surface area contributed by atoms with Gasteiger partial charge in [-0.1, -0.05) is 6.07 Å². The number of piperidine rings is 1. The van der Waals surface area contributed by atoms with Crippen LogP contribution in [0.1, 0.15) is 18.7 Å². The minimum absolute atomic E-state index is 0.135. The predicted molar refractivity (Wildman–Crippen MR) is 128 cm³/mol. The van der Waals surface area contributed by atoms with Gasteiger partial charge in [-0.3, -0.25) is 4.57 Å². The van der Waals surface area contributed by atoms with Gasteiger partial charge in [0, 0.05) is 27.2 Å². The van der Waals surface area contributed by atoms with E-state index in [1.54, 1.807) is 53.9 Å². The molecule has 12 heteroatoms. The molecule has 0 radical (unpaired) electrons. The van der Waals surface area contributed by atoms with Crippen LogP contribution >= 0.6 is 0 Å². The Morgan fingerprint density at radius 1 is 1.14 bits per heavy atom. The Kier molecular flexibility index (Phi) is 7.01. The average molecular weight is 504 g/mol. The van der Waals surface area contributed by atoms with Crippen LogP contribution in [0.4, 0.5) is 4.79 Å². The van der Waals surface area contributed by atoms with Crippen LogP contribution in [0.2, 0.25) is 0 Å². The van der Waals surface area contributed by atoms with Crippen LogP contribution in [0.15, 0.2) is 41.0 Å². The number of hydrogen-bond donors (Lipinski definition) is 0. The third-order valence-electron chi connectivity index (χ3n) is 5.97. The first-order valence-corrected chi connectivity index (χ1v) is 12.9. The molecule has 4 rings (SSSR count). The maximum Gasteiger partial charge on any atom is 0.319 e. The third kappa shape index (κ3) is 4.83. The van der Waals surface area contributed by atoms with E-state index >= 15 is 0 Å². The first-order chi connectivity index (χ1) is 16.8. The fourth-order valence-electron chi connectivity index (χ4n) is 4.25. The molecule has 2 aromatic heterocycles. The molecule has 1 aliphatic rings. The minimum atomic E-state index is -3.70. The Hall–Kier alpha value is -3.54. The molecule has 3 aromatic rings. The summed E-state index contributed by atoms with van der Waals surface area (Å²) in [6.07, 6.45) is 2.58. The van der Waals surface area contributed by atoms with Crippen molar-refractivity contribution >= 4 is 15.9 Å². The lowest BCUT2D eigenvalue weighted by atomic mass is 10.1. The Morgan fingerprint density at radius 3 is 2.46 bits per heavy atom. The fraction of sp³-hybridized carbons (Fsp3) is 0.435. The third-order valence-corrected chi connectivity index (χ3v) is 8.03. The van der Waals surface area contributed by atoms with Crippen LogP contribution in [0.5, 0.6) is 11.5 Å². The molecule has 1 aromatic carbocycles. The number of carbonyl (C=O) groups is 1. The van der Waals surface area contributed by atoms with E-state index in [0.29, 0.717) is 48.2 Å². The molecule has 3 heterocycles. The molecule has 1 aliphatic heterocycles. The van der Waals surface area contributed by atoms with Gasteiger partial charge in [-0.05, 0) is 37.1 Å². The Bertz CT molecular complexity index is 1260. The smallest absolute Gasteiger partial charge is 0.319 e. The molecule has 0 aliphatic carbocycles. The van der Waals surface area contributed by atoms with E-state index in [2.05, 4.69) is 10.2 Å². The van der Waals surface area contributed by atoms with Crippen molar-refractivity contribution in [2.24, 2.45) is 0 Å². The van der Waals surface area contributed by atoms with Gasteiger partial charge in [0.05, 0.1) is 25.7 Å². The second kappa shape index (κ2) is 9.98. The number of urea groups is 1. The number of amides is 2. The predicted octanol–water partition coefficient (Wildman–Crippen LogP) is 2.61. The molecule has 2 amide bonds. The van der Waals surface area contributed by atoms with E-state index in [4.69, 9.17) is 13.9 Å². The number of benzene rings is 1. The van der Waals surface area contributed by atoms with Crippen LogP contribution in [0.25, 0.3) is 17.3 Å². The quantitative estimate of drug-likeness (QED) is 0.483. The molecule has 0 N–H and O–H groups in total. The standard InChI is InChI=1S/C23H29N5O6S/c1-26(2)23(29)27-12-6-8-16(14-27)35(30,31)15-20-24-25-22(19-11-7-13-34-19)28(20)21-17(32-3)9-5-10-18(21)33-4/h5,7,9-11,13,16H,6,8,12,14-15H2,1-4H3/t16-/m1/s1. The van der Waals surface area contributed by atoms with Crippen molar-refractivity contribution in [1.82, 2.24) is 24.6 Å². The largest absolute Gasteiger partial charge is 0.494 e. The number of furan rings is 1. The van der Waals surface area contributed by atoms with Gasteiger partial charge in [0.25, 0.3) is 0 Å². The fourth-order valence-corrected chi connectivity index (χ4v) is 5.96. The summed E-state index contributed by atoms with van der Waals surface area (Å²) in [7, 11) is 2.64. The number of ether oxygens (including phenoxy) is 2. The highest BCUT2D eigenvalue weighted by Crippen LogP contribution is 2.37. The summed E-state index contributed by atoms with van der Waals surface area (Å²) in [4.78, 5) is 15.5. The SMILES string of the molecule is COc1cccc(OC)c1-n1c(CS(=O)(=O)[C@@H]2CCCN(C(=O)N(C)C)C2)nnc1-c1ccco1. The summed E-state index contributed by atoms with van der Waals surface area (Å²) in [5.41, 5.74) is 0.465. The van der Waals surface area contributed by atoms with Crippen LogP contribution in [-0.4, -0.2) is 85.7 Å². The van der Waals surface area contributed by atoms with E-state index in [1.807, 2.05) is 0 Å². The molecule has 0 unspecified atom stereocenters. The van der Waals surface area contributed by atoms with E-state index < -0.39 is 15.1 Å². The van der Waals surface area contributed by atoms with Crippen LogP contribution < -0.4 is 9.47 Å².